The highest BCUT2D eigenvalue weighted by atomic mass is 79.9. The maximum absolute atomic E-state index is 13.2. The molecule has 5 heteroatoms. The fourth-order valence-electron chi connectivity index (χ4n) is 4.86. The number of carbonyl (C=O) groups excluding carboxylic acids is 1. The summed E-state index contributed by atoms with van der Waals surface area (Å²) in [5.74, 6) is 0.839. The van der Waals surface area contributed by atoms with Crippen LogP contribution in [0.4, 0.5) is 5.69 Å². The number of hydrogen-bond donors (Lipinski definition) is 2. The van der Waals surface area contributed by atoms with E-state index in [0.717, 1.165) is 36.0 Å². The van der Waals surface area contributed by atoms with Gasteiger partial charge >= 0.3 is 0 Å². The molecule has 2 heterocycles. The molecule has 0 aromatic heterocycles. The number of carbonyl (C=O) groups is 1. The number of benzene rings is 1. The summed E-state index contributed by atoms with van der Waals surface area (Å²) in [4.78, 5) is 15.3. The second-order valence-corrected chi connectivity index (χ2v) is 8.34. The third-order valence-electron chi connectivity index (χ3n) is 6.07. The zero-order valence-corrected chi connectivity index (χ0v) is 15.5. The van der Waals surface area contributed by atoms with Crippen molar-refractivity contribution >= 4 is 27.5 Å². The summed E-state index contributed by atoms with van der Waals surface area (Å²) in [6.07, 6.45) is 6.68. The number of rotatable bonds is 2. The van der Waals surface area contributed by atoms with Crippen molar-refractivity contribution in [3.05, 3.63) is 28.2 Å². The summed E-state index contributed by atoms with van der Waals surface area (Å²) in [6.45, 7) is 0.928. The summed E-state index contributed by atoms with van der Waals surface area (Å²) in [7, 11) is 0. The standard InChI is InChI=1S/C19H25BrN2O2/c20-13-6-7-16-15(10-13)18-14(17(11-23)21-16)8-9-22(18)19(24)12-4-2-1-3-5-12/h6-7,10,12,14,17-18,21,23H,1-5,8-9,11H2/t14-,17+,18-/m1/s1. The van der Waals surface area contributed by atoms with Crippen LogP contribution in [0.2, 0.25) is 0 Å². The molecule has 4 rings (SSSR count). The van der Waals surface area contributed by atoms with Crippen LogP contribution < -0.4 is 5.32 Å². The molecule has 130 valence electrons. The van der Waals surface area contributed by atoms with Crippen LogP contribution in [0.3, 0.4) is 0 Å². The largest absolute Gasteiger partial charge is 0.394 e. The minimum Gasteiger partial charge on any atom is -0.394 e. The molecule has 0 bridgehead atoms. The molecule has 0 radical (unpaired) electrons. The van der Waals surface area contributed by atoms with Crippen molar-refractivity contribution in [2.45, 2.75) is 50.6 Å². The Hall–Kier alpha value is -1.07. The zero-order chi connectivity index (χ0) is 16.7. The maximum atomic E-state index is 13.2. The number of aliphatic hydroxyl groups is 1. The van der Waals surface area contributed by atoms with Crippen molar-refractivity contribution in [1.29, 1.82) is 0 Å². The van der Waals surface area contributed by atoms with Gasteiger partial charge in [-0.25, -0.2) is 0 Å². The lowest BCUT2D eigenvalue weighted by Crippen LogP contribution is -2.44. The van der Waals surface area contributed by atoms with Gasteiger partial charge in [0.15, 0.2) is 0 Å². The predicted octanol–water partition coefficient (Wildman–Crippen LogP) is 3.71. The molecule has 1 aliphatic carbocycles. The van der Waals surface area contributed by atoms with Crippen LogP contribution in [-0.4, -0.2) is 35.1 Å². The van der Waals surface area contributed by atoms with Gasteiger partial charge in [0.05, 0.1) is 18.7 Å². The van der Waals surface area contributed by atoms with E-state index in [2.05, 4.69) is 38.3 Å². The van der Waals surface area contributed by atoms with Crippen LogP contribution in [0.1, 0.15) is 50.1 Å². The minimum atomic E-state index is 0.0350. The smallest absolute Gasteiger partial charge is 0.226 e. The number of nitrogens with zero attached hydrogens (tertiary/aromatic N) is 1. The van der Waals surface area contributed by atoms with E-state index in [1.165, 1.54) is 24.8 Å². The number of hydrogen-bond acceptors (Lipinski definition) is 3. The first-order valence-electron chi connectivity index (χ1n) is 9.16. The van der Waals surface area contributed by atoms with Gasteiger partial charge < -0.3 is 15.3 Å². The average Bonchev–Trinajstić information content (AvgIpc) is 3.06. The van der Waals surface area contributed by atoms with Gasteiger partial charge in [-0.05, 0) is 43.0 Å². The van der Waals surface area contributed by atoms with E-state index < -0.39 is 0 Å². The van der Waals surface area contributed by atoms with E-state index in [9.17, 15) is 9.90 Å². The summed E-state index contributed by atoms with van der Waals surface area (Å²) in [6, 6.07) is 6.35. The highest BCUT2D eigenvalue weighted by Gasteiger charge is 2.46. The van der Waals surface area contributed by atoms with Gasteiger partial charge in [-0.3, -0.25) is 4.79 Å². The number of likely N-dealkylation sites (tertiary alicyclic amines) is 1. The molecule has 1 saturated heterocycles. The van der Waals surface area contributed by atoms with Gasteiger partial charge in [0.25, 0.3) is 0 Å². The van der Waals surface area contributed by atoms with Crippen LogP contribution in [-0.2, 0) is 4.79 Å². The fraction of sp³-hybridized carbons (Fsp3) is 0.632. The molecule has 2 N–H and O–H groups in total. The number of nitrogens with one attached hydrogen (secondary N) is 1. The number of halogens is 1. The molecule has 1 saturated carbocycles. The quantitative estimate of drug-likeness (QED) is 0.806. The first-order chi connectivity index (χ1) is 11.7. The van der Waals surface area contributed by atoms with E-state index in [1.54, 1.807) is 0 Å². The minimum absolute atomic E-state index is 0.0350. The van der Waals surface area contributed by atoms with Crippen LogP contribution in [0.5, 0.6) is 0 Å². The summed E-state index contributed by atoms with van der Waals surface area (Å²) in [5, 5.41) is 13.3. The zero-order valence-electron chi connectivity index (χ0n) is 13.9. The average molecular weight is 393 g/mol. The molecule has 2 aliphatic heterocycles. The Labute approximate surface area is 151 Å². The lowest BCUT2D eigenvalue weighted by Gasteiger charge is -2.40. The third-order valence-corrected chi connectivity index (χ3v) is 6.56. The molecule has 0 spiro atoms. The topological polar surface area (TPSA) is 52.6 Å². The van der Waals surface area contributed by atoms with E-state index in [1.807, 2.05) is 6.07 Å². The Morgan fingerprint density at radius 2 is 2.04 bits per heavy atom. The Bertz CT molecular complexity index is 630. The van der Waals surface area contributed by atoms with Crippen LogP contribution in [0, 0.1) is 11.8 Å². The molecule has 0 unspecified atom stereocenters. The van der Waals surface area contributed by atoms with Crippen molar-refractivity contribution in [1.82, 2.24) is 4.90 Å². The van der Waals surface area contributed by atoms with Gasteiger partial charge in [0.2, 0.25) is 5.91 Å². The van der Waals surface area contributed by atoms with E-state index in [-0.39, 0.29) is 24.6 Å². The second kappa shape index (κ2) is 6.68. The molecule has 24 heavy (non-hydrogen) atoms. The van der Waals surface area contributed by atoms with Crippen LogP contribution in [0.15, 0.2) is 22.7 Å². The molecule has 1 aromatic carbocycles. The normalized spacial score (nSPS) is 29.8. The summed E-state index contributed by atoms with van der Waals surface area (Å²) in [5.41, 5.74) is 2.25. The monoisotopic (exact) mass is 392 g/mol. The molecular formula is C19H25BrN2O2. The maximum Gasteiger partial charge on any atom is 0.226 e. The molecule has 3 atom stereocenters. The molecule has 1 amide bonds. The van der Waals surface area contributed by atoms with Crippen molar-refractivity contribution in [3.8, 4) is 0 Å². The van der Waals surface area contributed by atoms with Gasteiger partial charge in [0, 0.05) is 28.5 Å². The van der Waals surface area contributed by atoms with E-state index in [0.29, 0.717) is 11.8 Å². The molecule has 3 aliphatic rings. The Kier molecular flexibility index (Phi) is 4.56. The number of fused-ring (bicyclic) bond motifs is 3. The Morgan fingerprint density at radius 3 is 2.79 bits per heavy atom. The number of aliphatic hydroxyl groups excluding tert-OH is 1. The van der Waals surface area contributed by atoms with Gasteiger partial charge in [0.1, 0.15) is 0 Å². The molecule has 4 nitrogen and oxygen atoms in total. The van der Waals surface area contributed by atoms with Crippen molar-refractivity contribution < 1.29 is 9.90 Å². The molecule has 1 aromatic rings. The van der Waals surface area contributed by atoms with Crippen LogP contribution >= 0.6 is 15.9 Å². The third kappa shape index (κ3) is 2.76. The van der Waals surface area contributed by atoms with Crippen molar-refractivity contribution in [2.75, 3.05) is 18.5 Å². The highest BCUT2D eigenvalue weighted by molar-refractivity contribution is 9.10. The number of amides is 1. The second-order valence-electron chi connectivity index (χ2n) is 7.43. The SMILES string of the molecule is O=C(C1CCCCC1)N1CC[C@@H]2[C@H](CO)Nc3ccc(Br)cc3[C@@H]21. The van der Waals surface area contributed by atoms with Crippen molar-refractivity contribution in [3.63, 3.8) is 0 Å². The first-order valence-corrected chi connectivity index (χ1v) is 9.95. The fourth-order valence-corrected chi connectivity index (χ4v) is 5.24. The van der Waals surface area contributed by atoms with Gasteiger partial charge in [-0.15, -0.1) is 0 Å². The first kappa shape index (κ1) is 16.4. The van der Waals surface area contributed by atoms with E-state index >= 15 is 0 Å². The lowest BCUT2D eigenvalue weighted by atomic mass is 9.82. The number of anilines is 1. The Balaban J connectivity index is 1.67. The lowest BCUT2D eigenvalue weighted by molar-refractivity contribution is -0.138. The van der Waals surface area contributed by atoms with Gasteiger partial charge in [-0.2, -0.15) is 0 Å². The van der Waals surface area contributed by atoms with Crippen molar-refractivity contribution in [2.24, 2.45) is 11.8 Å². The summed E-state index contributed by atoms with van der Waals surface area (Å²) < 4.78 is 1.04. The Morgan fingerprint density at radius 1 is 1.25 bits per heavy atom. The van der Waals surface area contributed by atoms with E-state index in [4.69, 9.17) is 0 Å². The molecule has 2 fully saturated rings. The summed E-state index contributed by atoms with van der Waals surface area (Å²) >= 11 is 3.57. The highest BCUT2D eigenvalue weighted by Crippen LogP contribution is 2.48. The molecular weight excluding hydrogens is 368 g/mol. The van der Waals surface area contributed by atoms with Crippen LogP contribution in [0.25, 0.3) is 0 Å². The van der Waals surface area contributed by atoms with Gasteiger partial charge in [-0.1, -0.05) is 35.2 Å². The predicted molar refractivity (Wildman–Crippen MR) is 97.8 cm³/mol.